The first-order chi connectivity index (χ1) is 8.19. The zero-order chi connectivity index (χ0) is 12.7. The summed E-state index contributed by atoms with van der Waals surface area (Å²) in [5, 5.41) is 3.93. The average Bonchev–Trinajstić information content (AvgIpc) is 2.71. The lowest BCUT2D eigenvalue weighted by Crippen LogP contribution is -2.36. The number of rotatable bonds is 7. The Bertz CT molecular complexity index is 354. The van der Waals surface area contributed by atoms with Gasteiger partial charge in [-0.05, 0) is 20.4 Å². The predicted octanol–water partition coefficient (Wildman–Crippen LogP) is 1.05. The summed E-state index contributed by atoms with van der Waals surface area (Å²) < 4.78 is 6.94. The third-order valence-corrected chi connectivity index (χ3v) is 3.43. The lowest BCUT2D eigenvalue weighted by Gasteiger charge is -2.13. The zero-order valence-electron chi connectivity index (χ0n) is 10.5. The van der Waals surface area contributed by atoms with Crippen LogP contribution in [0.5, 0.6) is 0 Å². The van der Waals surface area contributed by atoms with Crippen LogP contribution >= 0.6 is 11.8 Å². The van der Waals surface area contributed by atoms with E-state index in [1.54, 1.807) is 25.0 Å². The molecular weight excluding hydrogens is 238 g/mol. The molecule has 1 atom stereocenters. The van der Waals surface area contributed by atoms with E-state index in [0.717, 1.165) is 17.3 Å². The van der Waals surface area contributed by atoms with Gasteiger partial charge in [0.15, 0.2) is 5.16 Å². The van der Waals surface area contributed by atoms with Crippen LogP contribution in [-0.2, 0) is 16.6 Å². The maximum atomic E-state index is 11.5. The van der Waals surface area contributed by atoms with Crippen molar-refractivity contribution >= 4 is 17.7 Å². The van der Waals surface area contributed by atoms with Gasteiger partial charge in [-0.15, -0.1) is 0 Å². The van der Waals surface area contributed by atoms with E-state index in [1.807, 2.05) is 24.7 Å². The molecule has 1 aromatic rings. The van der Waals surface area contributed by atoms with Gasteiger partial charge in [-0.1, -0.05) is 11.8 Å². The van der Waals surface area contributed by atoms with E-state index in [-0.39, 0.29) is 12.0 Å². The van der Waals surface area contributed by atoms with Crippen LogP contribution in [0.4, 0.5) is 0 Å². The molecule has 1 aromatic heterocycles. The second kappa shape index (κ2) is 7.34. The van der Waals surface area contributed by atoms with E-state index in [1.165, 1.54) is 0 Å². The van der Waals surface area contributed by atoms with Crippen molar-refractivity contribution in [3.63, 3.8) is 0 Å². The minimum Gasteiger partial charge on any atom is -0.465 e. The number of likely N-dealkylation sites (N-methyl/N-ethyl adjacent to an activating group) is 1. The van der Waals surface area contributed by atoms with E-state index in [9.17, 15) is 4.79 Å². The number of carbonyl (C=O) groups is 1. The van der Waals surface area contributed by atoms with Gasteiger partial charge in [0, 0.05) is 25.2 Å². The van der Waals surface area contributed by atoms with Crippen LogP contribution in [0.1, 0.15) is 13.3 Å². The number of nitrogens with zero attached hydrogens (tertiary/aromatic N) is 2. The summed E-state index contributed by atoms with van der Waals surface area (Å²) in [6.45, 7) is 2.23. The first kappa shape index (κ1) is 14.1. The van der Waals surface area contributed by atoms with Crippen molar-refractivity contribution < 1.29 is 9.53 Å². The minimum atomic E-state index is -0.234. The van der Waals surface area contributed by atoms with Gasteiger partial charge in [0.2, 0.25) is 0 Å². The fourth-order valence-corrected chi connectivity index (χ4v) is 2.32. The Kier molecular flexibility index (Phi) is 6.07. The van der Waals surface area contributed by atoms with E-state index in [2.05, 4.69) is 10.3 Å². The van der Waals surface area contributed by atoms with Crippen LogP contribution in [0.25, 0.3) is 0 Å². The Labute approximate surface area is 106 Å². The number of thioether (sulfide) groups is 1. The van der Waals surface area contributed by atoms with E-state index >= 15 is 0 Å². The molecular formula is C11H19N3O2S. The van der Waals surface area contributed by atoms with Crippen LogP contribution in [0, 0.1) is 0 Å². The van der Waals surface area contributed by atoms with Gasteiger partial charge < -0.3 is 14.6 Å². The fourth-order valence-electron chi connectivity index (χ4n) is 1.38. The molecule has 0 amide bonds. The summed E-state index contributed by atoms with van der Waals surface area (Å²) in [5.74, 6) is 0.644. The molecule has 0 radical (unpaired) electrons. The number of esters is 1. The number of ether oxygens (including phenoxy) is 1. The third kappa shape index (κ3) is 4.40. The molecule has 0 saturated heterocycles. The van der Waals surface area contributed by atoms with E-state index in [0.29, 0.717) is 6.61 Å². The van der Waals surface area contributed by atoms with Crippen LogP contribution in [0.2, 0.25) is 0 Å². The molecule has 0 aromatic carbocycles. The van der Waals surface area contributed by atoms with Crippen molar-refractivity contribution in [3.8, 4) is 0 Å². The van der Waals surface area contributed by atoms with Crippen molar-refractivity contribution in [2.45, 2.75) is 24.5 Å². The van der Waals surface area contributed by atoms with Crippen molar-refractivity contribution in [2.24, 2.45) is 7.05 Å². The third-order valence-electron chi connectivity index (χ3n) is 2.33. The number of nitrogens with one attached hydrogen (secondary N) is 1. The van der Waals surface area contributed by atoms with Crippen LogP contribution in [-0.4, -0.2) is 41.0 Å². The van der Waals surface area contributed by atoms with Gasteiger partial charge in [-0.3, -0.25) is 4.79 Å². The molecule has 96 valence electrons. The van der Waals surface area contributed by atoms with Crippen LogP contribution in [0.15, 0.2) is 17.6 Å². The summed E-state index contributed by atoms with van der Waals surface area (Å²) in [6, 6.07) is -0.234. The van der Waals surface area contributed by atoms with Gasteiger partial charge in [0.1, 0.15) is 6.04 Å². The highest BCUT2D eigenvalue weighted by Gasteiger charge is 2.17. The number of hydrogen-bond acceptors (Lipinski definition) is 5. The highest BCUT2D eigenvalue weighted by Crippen LogP contribution is 2.16. The van der Waals surface area contributed by atoms with Gasteiger partial charge in [0.05, 0.1) is 6.61 Å². The summed E-state index contributed by atoms with van der Waals surface area (Å²) >= 11 is 1.64. The molecule has 6 heteroatoms. The summed E-state index contributed by atoms with van der Waals surface area (Å²) in [5.41, 5.74) is 0. The molecule has 17 heavy (non-hydrogen) atoms. The number of aromatic nitrogens is 2. The number of hydrogen-bond donors (Lipinski definition) is 1. The average molecular weight is 257 g/mol. The van der Waals surface area contributed by atoms with Crippen molar-refractivity contribution in [3.05, 3.63) is 12.4 Å². The van der Waals surface area contributed by atoms with Gasteiger partial charge in [-0.2, -0.15) is 0 Å². The molecule has 0 bridgehead atoms. The van der Waals surface area contributed by atoms with Crippen molar-refractivity contribution in [1.29, 1.82) is 0 Å². The molecule has 0 aliphatic heterocycles. The zero-order valence-corrected chi connectivity index (χ0v) is 11.3. The van der Waals surface area contributed by atoms with Crippen molar-refractivity contribution in [1.82, 2.24) is 14.9 Å². The molecule has 1 unspecified atom stereocenters. The van der Waals surface area contributed by atoms with Crippen LogP contribution < -0.4 is 5.32 Å². The standard InChI is InChI=1S/C11H19N3O2S/c1-4-16-10(15)9(12-2)5-8-17-11-13-6-7-14(11)3/h6-7,9,12H,4-5,8H2,1-3H3. The summed E-state index contributed by atoms with van der Waals surface area (Å²) in [4.78, 5) is 15.7. The normalized spacial score (nSPS) is 12.4. The Morgan fingerprint density at radius 3 is 3.00 bits per heavy atom. The first-order valence-corrected chi connectivity index (χ1v) is 6.61. The second-order valence-corrected chi connectivity index (χ2v) is 4.61. The maximum absolute atomic E-state index is 11.5. The Morgan fingerprint density at radius 1 is 1.71 bits per heavy atom. The molecule has 1 rings (SSSR count). The molecule has 5 nitrogen and oxygen atoms in total. The molecule has 0 spiro atoms. The molecule has 0 aliphatic rings. The number of carbonyl (C=O) groups excluding carboxylic acids is 1. The monoisotopic (exact) mass is 257 g/mol. The smallest absolute Gasteiger partial charge is 0.323 e. The van der Waals surface area contributed by atoms with E-state index in [4.69, 9.17) is 4.74 Å². The Morgan fingerprint density at radius 2 is 2.47 bits per heavy atom. The highest BCUT2D eigenvalue weighted by molar-refractivity contribution is 7.99. The van der Waals surface area contributed by atoms with Crippen molar-refractivity contribution in [2.75, 3.05) is 19.4 Å². The van der Waals surface area contributed by atoms with Crippen LogP contribution in [0.3, 0.4) is 0 Å². The van der Waals surface area contributed by atoms with E-state index < -0.39 is 0 Å². The molecule has 0 aliphatic carbocycles. The largest absolute Gasteiger partial charge is 0.465 e. The maximum Gasteiger partial charge on any atom is 0.323 e. The van der Waals surface area contributed by atoms with Gasteiger partial charge in [-0.25, -0.2) is 4.98 Å². The first-order valence-electron chi connectivity index (χ1n) is 5.63. The Balaban J connectivity index is 2.33. The van der Waals surface area contributed by atoms with Gasteiger partial charge in [0.25, 0.3) is 0 Å². The number of aryl methyl sites for hydroxylation is 1. The lowest BCUT2D eigenvalue weighted by atomic mass is 10.2. The quantitative estimate of drug-likeness (QED) is 0.584. The SMILES string of the molecule is CCOC(=O)C(CCSc1nccn1C)NC. The fraction of sp³-hybridized carbons (Fsp3) is 0.636. The summed E-state index contributed by atoms with van der Waals surface area (Å²) in [7, 11) is 3.73. The number of imidazole rings is 1. The Hall–Kier alpha value is -1.01. The molecule has 1 heterocycles. The predicted molar refractivity (Wildman–Crippen MR) is 68.0 cm³/mol. The topological polar surface area (TPSA) is 56.1 Å². The molecule has 1 N–H and O–H groups in total. The minimum absolute atomic E-state index is 0.185. The molecule has 0 saturated carbocycles. The molecule has 0 fully saturated rings. The second-order valence-electron chi connectivity index (χ2n) is 3.55. The summed E-state index contributed by atoms with van der Waals surface area (Å²) in [6.07, 6.45) is 4.40. The van der Waals surface area contributed by atoms with Gasteiger partial charge >= 0.3 is 5.97 Å². The highest BCUT2D eigenvalue weighted by atomic mass is 32.2. The lowest BCUT2D eigenvalue weighted by molar-refractivity contribution is -0.145.